The zero-order valence-corrected chi connectivity index (χ0v) is 14.1. The first-order valence-electron chi connectivity index (χ1n) is 3.70. The Labute approximate surface area is 149 Å². The molecule has 0 saturated heterocycles. The molecule has 1 aromatic heterocycles. The van der Waals surface area contributed by atoms with E-state index in [1.165, 1.54) is 11.3 Å². The summed E-state index contributed by atoms with van der Waals surface area (Å²) in [5.41, 5.74) is 0.881. The normalized spacial score (nSPS) is 9.67. The third-order valence-electron chi connectivity index (χ3n) is 1.60. The van der Waals surface area contributed by atoms with Crippen molar-refractivity contribution in [1.82, 2.24) is 9.78 Å². The summed E-state index contributed by atoms with van der Waals surface area (Å²) in [6.07, 6.45) is 0. The van der Waals surface area contributed by atoms with Crippen LogP contribution in [-0.4, -0.2) is 61.2 Å². The molecule has 0 N–H and O–H groups in total. The zero-order valence-electron chi connectivity index (χ0n) is 7.81. The van der Waals surface area contributed by atoms with Gasteiger partial charge in [0.2, 0.25) is 0 Å². The molecule has 7 heteroatoms. The minimum Gasteiger partial charge on any atom is -0.406 e. The van der Waals surface area contributed by atoms with Crippen molar-refractivity contribution in [3.05, 3.63) is 33.2 Å². The van der Waals surface area contributed by atoms with Crippen LogP contribution >= 0.6 is 35.2 Å². The summed E-state index contributed by atoms with van der Waals surface area (Å²) in [6, 6.07) is 7.29. The molecule has 0 unspecified atom stereocenters. The number of hydrogen-bond acceptors (Lipinski definition) is 4. The number of benzene rings is 1. The summed E-state index contributed by atoms with van der Waals surface area (Å²) >= 11 is 17.1. The van der Waals surface area contributed by atoms with Gasteiger partial charge in [0.25, 0.3) is 0 Å². The van der Waals surface area contributed by atoms with E-state index >= 15 is 0 Å². The van der Waals surface area contributed by atoms with E-state index in [2.05, 4.69) is 5.10 Å². The molecule has 0 amide bonds. The second-order valence-corrected chi connectivity index (χ2v) is 5.23. The number of hydrogen-bond donors (Lipinski definition) is 0. The van der Waals surface area contributed by atoms with E-state index in [9.17, 15) is 0 Å². The first-order chi connectivity index (χ1) is 6.66. The molecule has 0 fully saturated rings. The maximum Gasteiger partial charge on any atom is 0.0904 e. The van der Waals surface area contributed by atoms with E-state index in [4.69, 9.17) is 36.4 Å². The summed E-state index contributed by atoms with van der Waals surface area (Å²) in [5.74, 6) is 0. The van der Waals surface area contributed by atoms with Crippen molar-refractivity contribution in [2.24, 2.45) is 0 Å². The van der Waals surface area contributed by atoms with E-state index < -0.39 is 0 Å². The average Bonchev–Trinajstić information content (AvgIpc) is 2.47. The second-order valence-electron chi connectivity index (χ2n) is 2.52. The minimum atomic E-state index is 0. The monoisotopic (exact) mass is 298 g/mol. The fourth-order valence-electron chi connectivity index (χ4n) is 1.01. The molecule has 0 aliphatic heterocycles. The molecule has 73 valence electrons. The van der Waals surface area contributed by atoms with Gasteiger partial charge in [0.05, 0.1) is 9.64 Å². The first-order valence-corrected chi connectivity index (χ1v) is 5.71. The molecule has 0 bridgehead atoms. The number of halogens is 1. The second kappa shape index (κ2) is 6.18. The van der Waals surface area contributed by atoms with E-state index in [0.717, 1.165) is 5.69 Å². The summed E-state index contributed by atoms with van der Waals surface area (Å²) in [4.78, 5) is 0. The Morgan fingerprint density at radius 1 is 1.33 bits per heavy atom. The third kappa shape index (κ3) is 3.55. The molecular weight excluding hydrogens is 295 g/mol. The van der Waals surface area contributed by atoms with E-state index in [-0.39, 0.29) is 51.4 Å². The maximum absolute atomic E-state index is 5.77. The molecule has 0 spiro atoms. The molecule has 2 rings (SSSR count). The van der Waals surface area contributed by atoms with Gasteiger partial charge in [0.15, 0.2) is 0 Å². The van der Waals surface area contributed by atoms with Crippen molar-refractivity contribution in [3.63, 3.8) is 0 Å². The smallest absolute Gasteiger partial charge is 0.0904 e. The van der Waals surface area contributed by atoms with Crippen LogP contribution in [0.5, 0.6) is 0 Å². The number of rotatable bonds is 1. The van der Waals surface area contributed by atoms with Crippen LogP contribution in [-0.2, 0) is 12.6 Å². The van der Waals surface area contributed by atoms with Crippen LogP contribution in [0.2, 0.25) is 5.02 Å². The van der Waals surface area contributed by atoms with Gasteiger partial charge < -0.3 is 24.0 Å². The van der Waals surface area contributed by atoms with Gasteiger partial charge in [-0.25, -0.2) is 4.68 Å². The fraction of sp³-hybridized carbons (Fsp3) is 0. The molecule has 0 atom stereocenters. The van der Waals surface area contributed by atoms with Gasteiger partial charge in [-0.05, 0) is 28.6 Å². The Bertz CT molecular complexity index is 505. The Morgan fingerprint density at radius 3 is 2.40 bits per heavy atom. The van der Waals surface area contributed by atoms with Gasteiger partial charge in [-0.15, -0.1) is 0 Å². The molecule has 2 nitrogen and oxygen atoms in total. The molecule has 0 aliphatic rings. The van der Waals surface area contributed by atoms with Crippen LogP contribution in [0.4, 0.5) is 0 Å². The minimum absolute atomic E-state index is 0. The molecule has 2 aromatic rings. The first kappa shape index (κ1) is 14.2. The van der Waals surface area contributed by atoms with E-state index in [1.807, 2.05) is 12.1 Å². The zero-order chi connectivity index (χ0) is 10.1. The van der Waals surface area contributed by atoms with E-state index in [0.29, 0.717) is 13.3 Å². The van der Waals surface area contributed by atoms with Crippen molar-refractivity contribution >= 4 is 99.2 Å². The Morgan fingerprint density at radius 2 is 1.93 bits per heavy atom. The number of aromatic nitrogens is 2. The van der Waals surface area contributed by atoms with E-state index in [1.54, 1.807) is 16.8 Å². The topological polar surface area (TPSA) is 17.8 Å². The summed E-state index contributed by atoms with van der Waals surface area (Å²) < 4.78 is 2.83. The van der Waals surface area contributed by atoms with Crippen molar-refractivity contribution in [3.8, 4) is 5.69 Å². The van der Waals surface area contributed by atoms with Crippen LogP contribution < -0.4 is 0 Å². The van der Waals surface area contributed by atoms with Gasteiger partial charge in [-0.3, -0.25) is 0 Å². The van der Waals surface area contributed by atoms with Gasteiger partial charge in [-0.1, -0.05) is 23.8 Å². The van der Waals surface area contributed by atoms with Crippen LogP contribution in [0.3, 0.4) is 0 Å². The quantitative estimate of drug-likeness (QED) is 0.458. The summed E-state index contributed by atoms with van der Waals surface area (Å²) in [6.45, 7) is 0. The third-order valence-corrected chi connectivity index (χ3v) is 3.21. The Kier molecular flexibility index (Phi) is 5.85. The SMILES string of the molecule is S=c1sc([S-])nn1-c1ccc(Cl)cc1.[K]. The molecule has 1 aromatic carbocycles. The molecule has 1 radical (unpaired) electrons. The average molecular weight is 299 g/mol. The van der Waals surface area contributed by atoms with Gasteiger partial charge in [0.1, 0.15) is 0 Å². The molecule has 1 heterocycles. The standard InChI is InChI=1S/C8H5ClN2S3.K/c9-5-1-3-6(4-2-5)11-8(13)14-7(12)10-11;/h1-4H,(H,10,12);/p-1. The van der Waals surface area contributed by atoms with Crippen molar-refractivity contribution < 1.29 is 0 Å². The van der Waals surface area contributed by atoms with Crippen molar-refractivity contribution in [2.45, 2.75) is 4.34 Å². The predicted molar refractivity (Wildman–Crippen MR) is 68.7 cm³/mol. The maximum atomic E-state index is 5.77. The largest absolute Gasteiger partial charge is 0.406 e. The van der Waals surface area contributed by atoms with Crippen LogP contribution in [0.1, 0.15) is 0 Å². The van der Waals surface area contributed by atoms with Crippen molar-refractivity contribution in [1.29, 1.82) is 0 Å². The molecule has 0 aliphatic carbocycles. The van der Waals surface area contributed by atoms with Crippen molar-refractivity contribution in [2.75, 3.05) is 0 Å². The summed E-state index contributed by atoms with van der Waals surface area (Å²) in [5, 5.41) is 4.80. The fourth-order valence-corrected chi connectivity index (χ4v) is 2.50. The molecule has 0 saturated carbocycles. The predicted octanol–water partition coefficient (Wildman–Crippen LogP) is 2.84. The number of nitrogens with zero attached hydrogens (tertiary/aromatic N) is 2. The van der Waals surface area contributed by atoms with Gasteiger partial charge >= 0.3 is 0 Å². The summed E-state index contributed by atoms with van der Waals surface area (Å²) in [7, 11) is 0. The van der Waals surface area contributed by atoms with Crippen LogP contribution in [0.15, 0.2) is 28.6 Å². The van der Waals surface area contributed by atoms with Gasteiger partial charge in [0, 0.05) is 56.4 Å². The van der Waals surface area contributed by atoms with Crippen LogP contribution in [0, 0.1) is 3.95 Å². The molecule has 15 heavy (non-hydrogen) atoms. The Balaban J connectivity index is 0.00000112. The Hall–Kier alpha value is 1.15. The van der Waals surface area contributed by atoms with Gasteiger partial charge in [-0.2, -0.15) is 5.10 Å². The molecular formula is C8H4ClKN2S3-. The van der Waals surface area contributed by atoms with Crippen LogP contribution in [0.25, 0.3) is 5.69 Å².